The van der Waals surface area contributed by atoms with E-state index in [0.717, 1.165) is 39.4 Å². The fourth-order valence-electron chi connectivity index (χ4n) is 2.67. The Morgan fingerprint density at radius 1 is 1.24 bits per heavy atom. The molecular formula is C17H29N3O. The van der Waals surface area contributed by atoms with Gasteiger partial charge in [-0.25, -0.2) is 0 Å². The first-order valence-electron chi connectivity index (χ1n) is 7.91. The van der Waals surface area contributed by atoms with Crippen LogP contribution in [-0.4, -0.2) is 69.3 Å². The van der Waals surface area contributed by atoms with E-state index in [0.29, 0.717) is 12.1 Å². The molecule has 0 bridgehead atoms. The van der Waals surface area contributed by atoms with Gasteiger partial charge >= 0.3 is 0 Å². The molecule has 1 heterocycles. The Kier molecular flexibility index (Phi) is 6.64. The summed E-state index contributed by atoms with van der Waals surface area (Å²) >= 11 is 0. The summed E-state index contributed by atoms with van der Waals surface area (Å²) in [4.78, 5) is 4.68. The van der Waals surface area contributed by atoms with Crippen LogP contribution in [0.2, 0.25) is 0 Å². The number of ether oxygens (including phenoxy) is 1. The van der Waals surface area contributed by atoms with Crippen molar-refractivity contribution in [1.82, 2.24) is 15.1 Å². The second kappa shape index (κ2) is 8.49. The third-order valence-corrected chi connectivity index (χ3v) is 4.11. The van der Waals surface area contributed by atoms with Gasteiger partial charge in [0.15, 0.2) is 0 Å². The lowest BCUT2D eigenvalue weighted by Gasteiger charge is -2.39. The predicted octanol–water partition coefficient (Wildman–Crippen LogP) is 1.60. The van der Waals surface area contributed by atoms with Crippen LogP contribution in [0.4, 0.5) is 0 Å². The van der Waals surface area contributed by atoms with Crippen LogP contribution >= 0.6 is 0 Å². The second-order valence-corrected chi connectivity index (χ2v) is 6.13. The Hall–Kier alpha value is -0.940. The van der Waals surface area contributed by atoms with Gasteiger partial charge < -0.3 is 15.0 Å². The first kappa shape index (κ1) is 16.4. The van der Waals surface area contributed by atoms with E-state index in [2.05, 4.69) is 66.5 Å². The van der Waals surface area contributed by atoms with E-state index in [1.54, 1.807) is 0 Å². The molecule has 4 heteroatoms. The quantitative estimate of drug-likeness (QED) is 0.772. The van der Waals surface area contributed by atoms with Crippen LogP contribution in [0.5, 0.6) is 0 Å². The van der Waals surface area contributed by atoms with Crippen molar-refractivity contribution in [3.63, 3.8) is 0 Å². The molecule has 118 valence electrons. The number of nitrogens with one attached hydrogen (secondary N) is 1. The maximum absolute atomic E-state index is 5.73. The molecule has 0 amide bonds. The smallest absolute Gasteiger partial charge is 0.0594 e. The minimum absolute atomic E-state index is 0.434. The Morgan fingerprint density at radius 2 is 2.00 bits per heavy atom. The van der Waals surface area contributed by atoms with Gasteiger partial charge in [-0.2, -0.15) is 0 Å². The number of likely N-dealkylation sites (N-methyl/N-ethyl adjacent to an activating group) is 1. The highest BCUT2D eigenvalue weighted by atomic mass is 16.5. The van der Waals surface area contributed by atoms with Crippen molar-refractivity contribution in [2.45, 2.75) is 19.0 Å². The molecule has 2 rings (SSSR count). The van der Waals surface area contributed by atoms with Crippen LogP contribution in [0, 0.1) is 0 Å². The van der Waals surface area contributed by atoms with Crippen molar-refractivity contribution in [3.8, 4) is 0 Å². The summed E-state index contributed by atoms with van der Waals surface area (Å²) < 4.78 is 5.73. The third kappa shape index (κ3) is 5.40. The number of piperazine rings is 1. The number of nitrogens with zero attached hydrogens (tertiary/aromatic N) is 2. The maximum Gasteiger partial charge on any atom is 0.0594 e. The van der Waals surface area contributed by atoms with Crippen LogP contribution in [0.1, 0.15) is 18.5 Å². The third-order valence-electron chi connectivity index (χ3n) is 4.11. The molecule has 4 nitrogen and oxygen atoms in total. The zero-order valence-corrected chi connectivity index (χ0v) is 13.6. The molecular weight excluding hydrogens is 262 g/mol. The average Bonchev–Trinajstić information content (AvgIpc) is 2.49. The van der Waals surface area contributed by atoms with E-state index >= 15 is 0 Å². The van der Waals surface area contributed by atoms with E-state index in [9.17, 15) is 0 Å². The first-order chi connectivity index (χ1) is 10.2. The zero-order valence-electron chi connectivity index (χ0n) is 13.6. The molecule has 2 unspecified atom stereocenters. The summed E-state index contributed by atoms with van der Waals surface area (Å²) in [5.41, 5.74) is 1.38. The van der Waals surface area contributed by atoms with Crippen molar-refractivity contribution in [1.29, 1.82) is 0 Å². The number of hydrogen-bond acceptors (Lipinski definition) is 4. The molecule has 0 radical (unpaired) electrons. The fraction of sp³-hybridized carbons (Fsp3) is 0.647. The summed E-state index contributed by atoms with van der Waals surface area (Å²) in [5.74, 6) is 0. The standard InChI is InChI=1S/C17H29N3O/c1-15-13-18-17(16-7-5-4-6-8-16)14-20(15)10-12-21-11-9-19(2)3/h4-8,15,17-18H,9-14H2,1-3H3. The normalized spacial score (nSPS) is 23.6. The van der Waals surface area contributed by atoms with Crippen molar-refractivity contribution in [2.24, 2.45) is 0 Å². The van der Waals surface area contributed by atoms with Gasteiger partial charge in [-0.05, 0) is 26.6 Å². The SMILES string of the molecule is CC1CNC(c2ccccc2)CN1CCOCCN(C)C. The molecule has 0 aliphatic carbocycles. The fourth-order valence-corrected chi connectivity index (χ4v) is 2.67. The molecule has 1 saturated heterocycles. The van der Waals surface area contributed by atoms with E-state index in [4.69, 9.17) is 4.74 Å². The van der Waals surface area contributed by atoms with Gasteiger partial charge in [0.2, 0.25) is 0 Å². The van der Waals surface area contributed by atoms with E-state index < -0.39 is 0 Å². The molecule has 1 aliphatic heterocycles. The lowest BCUT2D eigenvalue weighted by atomic mass is 10.0. The van der Waals surface area contributed by atoms with E-state index in [-0.39, 0.29) is 0 Å². The van der Waals surface area contributed by atoms with Gasteiger partial charge in [-0.15, -0.1) is 0 Å². The summed E-state index contributed by atoms with van der Waals surface area (Å²) in [6.07, 6.45) is 0. The molecule has 1 N–H and O–H groups in total. The maximum atomic E-state index is 5.73. The summed E-state index contributed by atoms with van der Waals surface area (Å²) in [6.45, 7) is 8.02. The lowest BCUT2D eigenvalue weighted by molar-refractivity contribution is 0.0641. The highest BCUT2D eigenvalue weighted by Gasteiger charge is 2.25. The molecule has 1 fully saturated rings. The van der Waals surface area contributed by atoms with Gasteiger partial charge in [0.1, 0.15) is 0 Å². The van der Waals surface area contributed by atoms with E-state index in [1.165, 1.54) is 5.56 Å². The Morgan fingerprint density at radius 3 is 2.71 bits per heavy atom. The molecule has 2 atom stereocenters. The first-order valence-corrected chi connectivity index (χ1v) is 7.91. The number of rotatable bonds is 7. The van der Waals surface area contributed by atoms with Crippen LogP contribution in [-0.2, 0) is 4.74 Å². The van der Waals surface area contributed by atoms with Gasteiger partial charge in [0, 0.05) is 38.3 Å². The highest BCUT2D eigenvalue weighted by Crippen LogP contribution is 2.19. The van der Waals surface area contributed by atoms with Crippen LogP contribution in [0.15, 0.2) is 30.3 Å². The Balaban J connectivity index is 1.76. The van der Waals surface area contributed by atoms with Gasteiger partial charge in [0.25, 0.3) is 0 Å². The minimum atomic E-state index is 0.434. The molecule has 0 aromatic heterocycles. The monoisotopic (exact) mass is 291 g/mol. The molecule has 0 spiro atoms. The predicted molar refractivity (Wildman–Crippen MR) is 87.6 cm³/mol. The summed E-state index contributed by atoms with van der Waals surface area (Å²) in [6, 6.07) is 11.7. The molecule has 1 aromatic rings. The van der Waals surface area contributed by atoms with Gasteiger partial charge in [0.05, 0.1) is 13.2 Å². The van der Waals surface area contributed by atoms with Crippen molar-refractivity contribution in [2.75, 3.05) is 53.5 Å². The van der Waals surface area contributed by atoms with Gasteiger partial charge in [-0.1, -0.05) is 30.3 Å². The molecule has 1 aliphatic rings. The number of benzene rings is 1. The lowest BCUT2D eigenvalue weighted by Crippen LogP contribution is -2.52. The number of hydrogen-bond donors (Lipinski definition) is 1. The Bertz CT molecular complexity index is 396. The highest BCUT2D eigenvalue weighted by molar-refractivity contribution is 5.20. The molecule has 0 saturated carbocycles. The molecule has 1 aromatic carbocycles. The van der Waals surface area contributed by atoms with E-state index in [1.807, 2.05) is 0 Å². The largest absolute Gasteiger partial charge is 0.379 e. The zero-order chi connectivity index (χ0) is 15.1. The van der Waals surface area contributed by atoms with Crippen molar-refractivity contribution in [3.05, 3.63) is 35.9 Å². The summed E-state index contributed by atoms with van der Waals surface area (Å²) in [7, 11) is 4.15. The molecule has 21 heavy (non-hydrogen) atoms. The van der Waals surface area contributed by atoms with Crippen LogP contribution in [0.25, 0.3) is 0 Å². The minimum Gasteiger partial charge on any atom is -0.379 e. The van der Waals surface area contributed by atoms with Crippen LogP contribution in [0.3, 0.4) is 0 Å². The van der Waals surface area contributed by atoms with Gasteiger partial charge in [-0.3, -0.25) is 4.90 Å². The second-order valence-electron chi connectivity index (χ2n) is 6.13. The topological polar surface area (TPSA) is 27.7 Å². The Labute approximate surface area is 129 Å². The van der Waals surface area contributed by atoms with Crippen LogP contribution < -0.4 is 5.32 Å². The summed E-state index contributed by atoms with van der Waals surface area (Å²) in [5, 5.41) is 3.64. The average molecular weight is 291 g/mol. The van der Waals surface area contributed by atoms with Crippen molar-refractivity contribution < 1.29 is 4.74 Å². The van der Waals surface area contributed by atoms with Crippen molar-refractivity contribution >= 4 is 0 Å².